The van der Waals surface area contributed by atoms with Gasteiger partial charge in [0, 0.05) is 12.7 Å². The highest BCUT2D eigenvalue weighted by atomic mass is 32.1. The largest absolute Gasteiger partial charge is 0.310 e. The maximum Gasteiger partial charge on any atom is 0.261 e. The summed E-state index contributed by atoms with van der Waals surface area (Å²) in [6.07, 6.45) is 3.50. The van der Waals surface area contributed by atoms with Gasteiger partial charge in [0.25, 0.3) is 5.56 Å². The first-order valence-corrected chi connectivity index (χ1v) is 7.61. The van der Waals surface area contributed by atoms with Gasteiger partial charge in [0.2, 0.25) is 0 Å². The lowest BCUT2D eigenvalue weighted by Crippen LogP contribution is -2.22. The molecule has 0 aliphatic rings. The van der Waals surface area contributed by atoms with Crippen molar-refractivity contribution in [1.82, 2.24) is 19.3 Å². The van der Waals surface area contributed by atoms with E-state index in [2.05, 4.69) is 16.8 Å². The summed E-state index contributed by atoms with van der Waals surface area (Å²) in [4.78, 5) is 12.8. The van der Waals surface area contributed by atoms with Gasteiger partial charge in [-0.2, -0.15) is 5.10 Å². The summed E-state index contributed by atoms with van der Waals surface area (Å²) < 4.78 is 3.89. The number of aromatic nitrogens is 4. The number of nitrogens with one attached hydrogen (secondary N) is 1. The van der Waals surface area contributed by atoms with Crippen LogP contribution >= 0.6 is 12.2 Å². The first-order chi connectivity index (χ1) is 11.2. The van der Waals surface area contributed by atoms with Gasteiger partial charge >= 0.3 is 0 Å². The number of benzene rings is 1. The van der Waals surface area contributed by atoms with E-state index in [4.69, 9.17) is 12.2 Å². The number of aromatic amines is 1. The highest BCUT2D eigenvalue weighted by molar-refractivity contribution is 7.71. The molecule has 3 rings (SSSR count). The zero-order chi connectivity index (χ0) is 16.2. The van der Waals surface area contributed by atoms with Crippen molar-refractivity contribution in [3.63, 3.8) is 0 Å². The van der Waals surface area contributed by atoms with Crippen LogP contribution in [0.3, 0.4) is 0 Å². The highest BCUT2D eigenvalue weighted by Gasteiger charge is 2.13. The van der Waals surface area contributed by atoms with Gasteiger partial charge in [-0.05, 0) is 29.9 Å². The summed E-state index contributed by atoms with van der Waals surface area (Å²) in [5.41, 5.74) is 1.48. The summed E-state index contributed by atoms with van der Waals surface area (Å²) in [5.74, 6) is 0.530. The van der Waals surface area contributed by atoms with Gasteiger partial charge in [-0.15, -0.1) is 6.58 Å². The topological polar surface area (TPSA) is 55.6 Å². The van der Waals surface area contributed by atoms with Gasteiger partial charge in [0.1, 0.15) is 0 Å². The molecule has 0 spiro atoms. The van der Waals surface area contributed by atoms with Crippen LogP contribution in [0.4, 0.5) is 0 Å². The van der Waals surface area contributed by atoms with E-state index >= 15 is 0 Å². The van der Waals surface area contributed by atoms with E-state index in [0.29, 0.717) is 29.2 Å². The molecule has 3 aromatic rings. The molecule has 5 nitrogen and oxygen atoms in total. The highest BCUT2D eigenvalue weighted by Crippen LogP contribution is 2.13. The maximum atomic E-state index is 12.8. The predicted molar refractivity (Wildman–Crippen MR) is 92.8 cm³/mol. The Hall–Kier alpha value is -2.73. The molecule has 0 atom stereocenters. The molecule has 0 bridgehead atoms. The van der Waals surface area contributed by atoms with Crippen LogP contribution in [0.5, 0.6) is 0 Å². The first-order valence-electron chi connectivity index (χ1n) is 7.20. The smallest absolute Gasteiger partial charge is 0.261 e. The minimum atomic E-state index is -0.101. The third-order valence-electron chi connectivity index (χ3n) is 3.53. The lowest BCUT2D eigenvalue weighted by Gasteiger charge is -2.08. The molecule has 0 saturated heterocycles. The molecule has 0 aliphatic heterocycles. The Labute approximate surface area is 138 Å². The Balaban J connectivity index is 2.06. The van der Waals surface area contributed by atoms with Crippen LogP contribution in [-0.2, 0) is 13.1 Å². The van der Waals surface area contributed by atoms with Crippen molar-refractivity contribution in [3.05, 3.63) is 82.0 Å². The number of H-pyrrole nitrogens is 1. The zero-order valence-corrected chi connectivity index (χ0v) is 13.3. The average Bonchev–Trinajstić information content (AvgIpc) is 2.92. The van der Waals surface area contributed by atoms with E-state index in [1.54, 1.807) is 27.5 Å². The first kappa shape index (κ1) is 15.2. The minimum absolute atomic E-state index is 0.101. The van der Waals surface area contributed by atoms with Crippen molar-refractivity contribution in [2.75, 3.05) is 0 Å². The summed E-state index contributed by atoms with van der Waals surface area (Å²) in [7, 11) is 0. The summed E-state index contributed by atoms with van der Waals surface area (Å²) in [6, 6.07) is 13.5. The molecule has 116 valence electrons. The Morgan fingerprint density at radius 2 is 2.00 bits per heavy atom. The van der Waals surface area contributed by atoms with Crippen molar-refractivity contribution >= 4 is 12.2 Å². The second-order valence-corrected chi connectivity index (χ2v) is 5.48. The van der Waals surface area contributed by atoms with Crippen molar-refractivity contribution in [2.45, 2.75) is 13.1 Å². The maximum absolute atomic E-state index is 12.8. The third kappa shape index (κ3) is 3.07. The zero-order valence-electron chi connectivity index (χ0n) is 12.5. The van der Waals surface area contributed by atoms with Crippen molar-refractivity contribution in [3.8, 4) is 11.4 Å². The fourth-order valence-corrected chi connectivity index (χ4v) is 2.64. The molecule has 0 saturated carbocycles. The molecule has 0 aliphatic carbocycles. The lowest BCUT2D eigenvalue weighted by molar-refractivity contribution is 0.754. The molecule has 23 heavy (non-hydrogen) atoms. The van der Waals surface area contributed by atoms with Crippen LogP contribution < -0.4 is 5.56 Å². The molecule has 0 amide bonds. The van der Waals surface area contributed by atoms with Crippen LogP contribution in [0.2, 0.25) is 0 Å². The van der Waals surface area contributed by atoms with Gasteiger partial charge in [-0.25, -0.2) is 0 Å². The molecule has 0 fully saturated rings. The molecular weight excluding hydrogens is 308 g/mol. The summed E-state index contributed by atoms with van der Waals surface area (Å²) >= 11 is 5.21. The van der Waals surface area contributed by atoms with Crippen LogP contribution in [0.25, 0.3) is 11.4 Å². The number of hydrogen-bond acceptors (Lipinski definition) is 3. The third-order valence-corrected chi connectivity index (χ3v) is 3.84. The number of rotatable bonds is 5. The van der Waals surface area contributed by atoms with E-state index < -0.39 is 0 Å². The van der Waals surface area contributed by atoms with Crippen LogP contribution in [-0.4, -0.2) is 19.3 Å². The molecule has 1 N–H and O–H groups in total. The van der Waals surface area contributed by atoms with Crippen molar-refractivity contribution < 1.29 is 0 Å². The van der Waals surface area contributed by atoms with Crippen molar-refractivity contribution in [2.24, 2.45) is 0 Å². The van der Waals surface area contributed by atoms with E-state index in [1.165, 1.54) is 0 Å². The summed E-state index contributed by atoms with van der Waals surface area (Å²) in [6.45, 7) is 4.73. The molecular formula is C17H16N4OS. The molecule has 0 unspecified atom stereocenters. The van der Waals surface area contributed by atoms with Gasteiger partial charge in [0.05, 0.1) is 12.1 Å². The molecule has 0 radical (unpaired) electrons. The summed E-state index contributed by atoms with van der Waals surface area (Å²) in [5, 5.41) is 6.94. The van der Waals surface area contributed by atoms with E-state index in [1.807, 2.05) is 36.4 Å². The number of pyridine rings is 1. The van der Waals surface area contributed by atoms with Crippen LogP contribution in [0.15, 0.2) is 66.1 Å². The Kier molecular flexibility index (Phi) is 4.34. The SMILES string of the molecule is C=CCn1c(-c2cccn(Cc3ccccc3)c2=O)n[nH]c1=S. The van der Waals surface area contributed by atoms with Gasteiger partial charge in [-0.3, -0.25) is 14.5 Å². The van der Waals surface area contributed by atoms with Crippen molar-refractivity contribution in [1.29, 1.82) is 0 Å². The van der Waals surface area contributed by atoms with E-state index in [9.17, 15) is 4.79 Å². The monoisotopic (exact) mass is 324 g/mol. The van der Waals surface area contributed by atoms with Crippen LogP contribution in [0, 0.1) is 4.77 Å². The molecule has 2 heterocycles. The average molecular weight is 324 g/mol. The number of nitrogens with zero attached hydrogens (tertiary/aromatic N) is 3. The van der Waals surface area contributed by atoms with Gasteiger partial charge in [-0.1, -0.05) is 36.4 Å². The molecule has 1 aromatic carbocycles. The second kappa shape index (κ2) is 6.58. The van der Waals surface area contributed by atoms with Gasteiger partial charge < -0.3 is 4.57 Å². The van der Waals surface area contributed by atoms with Gasteiger partial charge in [0.15, 0.2) is 10.6 Å². The normalized spacial score (nSPS) is 10.6. The fraction of sp³-hybridized carbons (Fsp3) is 0.118. The predicted octanol–water partition coefficient (Wildman–Crippen LogP) is 3.00. The van der Waals surface area contributed by atoms with E-state index in [-0.39, 0.29) is 5.56 Å². The fourth-order valence-electron chi connectivity index (χ4n) is 2.43. The van der Waals surface area contributed by atoms with Crippen LogP contribution in [0.1, 0.15) is 5.56 Å². The minimum Gasteiger partial charge on any atom is -0.310 e. The standard InChI is InChI=1S/C17H16N4OS/c1-2-10-21-15(18-19-17(21)23)14-9-6-11-20(16(14)22)12-13-7-4-3-5-8-13/h2-9,11H,1,10,12H2,(H,19,23). The number of hydrogen-bond donors (Lipinski definition) is 1. The number of allylic oxidation sites excluding steroid dienone is 1. The Morgan fingerprint density at radius 1 is 1.22 bits per heavy atom. The molecule has 6 heteroatoms. The second-order valence-electron chi connectivity index (χ2n) is 5.09. The lowest BCUT2D eigenvalue weighted by atomic mass is 10.2. The molecule has 2 aromatic heterocycles. The Morgan fingerprint density at radius 3 is 2.74 bits per heavy atom. The Bertz CT molecular complexity index is 937. The van der Waals surface area contributed by atoms with E-state index in [0.717, 1.165) is 5.56 Å². The quantitative estimate of drug-likeness (QED) is 0.580.